The summed E-state index contributed by atoms with van der Waals surface area (Å²) in [4.78, 5) is 13.1. The molecule has 0 spiro atoms. The molecule has 2 N–H and O–H groups in total. The van der Waals surface area contributed by atoms with Crippen molar-refractivity contribution in [2.75, 3.05) is 10.0 Å². The predicted octanol–water partition coefficient (Wildman–Crippen LogP) is 6.12. The molecule has 164 valence electrons. The van der Waals surface area contributed by atoms with Crippen LogP contribution in [-0.4, -0.2) is 14.3 Å². The zero-order chi connectivity index (χ0) is 22.9. The SMILES string of the molecule is CCc1ccc(S(=O)(=O)Nc2cc(Br)c3oc(C)c(C(=O)Nc4ccccc4)c3c2)cc1. The molecule has 0 saturated heterocycles. The lowest BCUT2D eigenvalue weighted by atomic mass is 10.1. The molecule has 32 heavy (non-hydrogen) atoms. The Balaban J connectivity index is 1.70. The van der Waals surface area contributed by atoms with Crippen LogP contribution in [-0.2, 0) is 16.4 Å². The molecule has 3 aromatic carbocycles. The Kier molecular flexibility index (Phi) is 6.08. The summed E-state index contributed by atoms with van der Waals surface area (Å²) in [5.74, 6) is 0.0961. The maximum Gasteiger partial charge on any atom is 0.261 e. The van der Waals surface area contributed by atoms with Gasteiger partial charge in [0, 0.05) is 11.1 Å². The second kappa shape index (κ2) is 8.80. The number of furan rings is 1. The van der Waals surface area contributed by atoms with Gasteiger partial charge in [0.2, 0.25) is 0 Å². The number of benzene rings is 3. The number of rotatable bonds is 6. The van der Waals surface area contributed by atoms with Crippen LogP contribution in [0.3, 0.4) is 0 Å². The van der Waals surface area contributed by atoms with E-state index in [2.05, 4.69) is 26.0 Å². The van der Waals surface area contributed by atoms with Gasteiger partial charge in [-0.25, -0.2) is 8.42 Å². The standard InChI is InChI=1S/C24H21BrN2O4S/c1-3-16-9-11-19(12-10-16)32(29,30)27-18-13-20-22(15(2)31-23(20)21(25)14-18)24(28)26-17-7-5-4-6-8-17/h4-14,27H,3H2,1-2H3,(H,26,28). The maximum atomic E-state index is 13.0. The molecule has 1 aromatic heterocycles. The van der Waals surface area contributed by atoms with E-state index in [-0.39, 0.29) is 10.8 Å². The number of para-hydroxylation sites is 1. The van der Waals surface area contributed by atoms with Gasteiger partial charge in [-0.05, 0) is 71.2 Å². The van der Waals surface area contributed by atoms with Gasteiger partial charge in [0.05, 0.1) is 20.6 Å². The topological polar surface area (TPSA) is 88.4 Å². The highest BCUT2D eigenvalue weighted by atomic mass is 79.9. The Morgan fingerprint density at radius 2 is 1.69 bits per heavy atom. The van der Waals surface area contributed by atoms with Crippen molar-refractivity contribution in [1.82, 2.24) is 0 Å². The van der Waals surface area contributed by atoms with Crippen LogP contribution in [0.2, 0.25) is 0 Å². The fourth-order valence-electron chi connectivity index (χ4n) is 3.45. The highest BCUT2D eigenvalue weighted by molar-refractivity contribution is 9.10. The Hall–Kier alpha value is -3.10. The van der Waals surface area contributed by atoms with E-state index in [1.165, 1.54) is 0 Å². The molecule has 0 aliphatic carbocycles. The van der Waals surface area contributed by atoms with Crippen molar-refractivity contribution >= 4 is 54.2 Å². The summed E-state index contributed by atoms with van der Waals surface area (Å²) in [6.45, 7) is 3.71. The van der Waals surface area contributed by atoms with Crippen molar-refractivity contribution in [1.29, 1.82) is 0 Å². The van der Waals surface area contributed by atoms with Gasteiger partial charge in [0.1, 0.15) is 11.3 Å². The second-order valence-electron chi connectivity index (χ2n) is 7.29. The average molecular weight is 513 g/mol. The molecule has 0 radical (unpaired) electrons. The normalized spacial score (nSPS) is 11.5. The van der Waals surface area contributed by atoms with E-state index in [0.29, 0.717) is 38.1 Å². The highest BCUT2D eigenvalue weighted by Crippen LogP contribution is 2.35. The maximum absolute atomic E-state index is 13.0. The molecule has 0 saturated carbocycles. The van der Waals surface area contributed by atoms with Crippen molar-refractivity contribution in [3.05, 3.63) is 88.1 Å². The predicted molar refractivity (Wildman–Crippen MR) is 130 cm³/mol. The van der Waals surface area contributed by atoms with Gasteiger partial charge in [0.15, 0.2) is 0 Å². The van der Waals surface area contributed by atoms with E-state index in [9.17, 15) is 13.2 Å². The minimum Gasteiger partial charge on any atom is -0.459 e. The van der Waals surface area contributed by atoms with Crippen LogP contribution in [0.15, 0.2) is 80.5 Å². The summed E-state index contributed by atoms with van der Waals surface area (Å²) in [7, 11) is -3.80. The minimum absolute atomic E-state index is 0.163. The van der Waals surface area contributed by atoms with E-state index in [0.717, 1.165) is 12.0 Å². The third-order valence-corrected chi connectivity index (χ3v) is 7.06. The van der Waals surface area contributed by atoms with E-state index in [1.54, 1.807) is 55.5 Å². The number of sulfonamides is 1. The minimum atomic E-state index is -3.80. The molecule has 1 heterocycles. The molecular weight excluding hydrogens is 492 g/mol. The van der Waals surface area contributed by atoms with Crippen LogP contribution >= 0.6 is 15.9 Å². The number of carbonyl (C=O) groups is 1. The van der Waals surface area contributed by atoms with Gasteiger partial charge >= 0.3 is 0 Å². The lowest BCUT2D eigenvalue weighted by Crippen LogP contribution is -2.14. The van der Waals surface area contributed by atoms with Crippen LogP contribution in [0.25, 0.3) is 11.0 Å². The summed E-state index contributed by atoms with van der Waals surface area (Å²) in [5.41, 5.74) is 2.83. The molecule has 0 unspecified atom stereocenters. The van der Waals surface area contributed by atoms with E-state index < -0.39 is 10.0 Å². The summed E-state index contributed by atoms with van der Waals surface area (Å²) in [6, 6.07) is 19.0. The first-order valence-electron chi connectivity index (χ1n) is 9.99. The van der Waals surface area contributed by atoms with Gasteiger partial charge in [-0.1, -0.05) is 37.3 Å². The zero-order valence-electron chi connectivity index (χ0n) is 17.5. The molecule has 0 aliphatic rings. The Labute approximate surface area is 194 Å². The molecule has 4 aromatic rings. The summed E-state index contributed by atoms with van der Waals surface area (Å²) < 4.78 is 34.7. The van der Waals surface area contributed by atoms with Crippen LogP contribution in [0.4, 0.5) is 11.4 Å². The number of amides is 1. The first-order valence-corrected chi connectivity index (χ1v) is 12.3. The van der Waals surface area contributed by atoms with Crippen LogP contribution < -0.4 is 10.0 Å². The average Bonchev–Trinajstić information content (AvgIpc) is 3.10. The quantitative estimate of drug-likeness (QED) is 0.325. The molecule has 0 fully saturated rings. The van der Waals surface area contributed by atoms with Crippen LogP contribution in [0, 0.1) is 6.92 Å². The van der Waals surface area contributed by atoms with Crippen molar-refractivity contribution in [2.45, 2.75) is 25.2 Å². The van der Waals surface area contributed by atoms with Crippen LogP contribution in [0.5, 0.6) is 0 Å². The van der Waals surface area contributed by atoms with Gasteiger partial charge in [-0.3, -0.25) is 9.52 Å². The lowest BCUT2D eigenvalue weighted by Gasteiger charge is -2.10. The number of carbonyl (C=O) groups excluding carboxylic acids is 1. The monoisotopic (exact) mass is 512 g/mol. The third kappa shape index (κ3) is 4.42. The number of aryl methyl sites for hydroxylation is 2. The number of fused-ring (bicyclic) bond motifs is 1. The highest BCUT2D eigenvalue weighted by Gasteiger charge is 2.22. The van der Waals surface area contributed by atoms with Gasteiger partial charge in [-0.2, -0.15) is 0 Å². The second-order valence-corrected chi connectivity index (χ2v) is 9.83. The number of halogens is 1. The van der Waals surface area contributed by atoms with Gasteiger partial charge in [0.25, 0.3) is 15.9 Å². The van der Waals surface area contributed by atoms with Crippen molar-refractivity contribution in [3.63, 3.8) is 0 Å². The first kappa shape index (κ1) is 22.1. The molecule has 0 bridgehead atoms. The number of hydrogen-bond acceptors (Lipinski definition) is 4. The molecule has 0 aliphatic heterocycles. The van der Waals surface area contributed by atoms with Crippen molar-refractivity contribution in [3.8, 4) is 0 Å². The largest absolute Gasteiger partial charge is 0.459 e. The first-order chi connectivity index (χ1) is 15.3. The summed E-state index contributed by atoms with van der Waals surface area (Å²) >= 11 is 3.43. The smallest absolute Gasteiger partial charge is 0.261 e. The lowest BCUT2D eigenvalue weighted by molar-refractivity contribution is 0.102. The number of hydrogen-bond donors (Lipinski definition) is 2. The molecule has 0 atom stereocenters. The molecular formula is C24H21BrN2O4S. The van der Waals surface area contributed by atoms with Gasteiger partial charge in [-0.15, -0.1) is 0 Å². The zero-order valence-corrected chi connectivity index (χ0v) is 19.9. The Morgan fingerprint density at radius 1 is 1.00 bits per heavy atom. The molecule has 8 heteroatoms. The van der Waals surface area contributed by atoms with E-state index in [4.69, 9.17) is 4.42 Å². The fourth-order valence-corrected chi connectivity index (χ4v) is 5.03. The molecule has 1 amide bonds. The van der Waals surface area contributed by atoms with Crippen LogP contribution in [0.1, 0.15) is 28.6 Å². The van der Waals surface area contributed by atoms with Crippen molar-refractivity contribution in [2.24, 2.45) is 0 Å². The molecule has 4 rings (SSSR count). The summed E-state index contributed by atoms with van der Waals surface area (Å²) in [5, 5.41) is 3.35. The third-order valence-electron chi connectivity index (χ3n) is 5.07. The van der Waals surface area contributed by atoms with E-state index in [1.807, 2.05) is 25.1 Å². The fraction of sp³-hybridized carbons (Fsp3) is 0.125. The Morgan fingerprint density at radius 3 is 2.34 bits per heavy atom. The van der Waals surface area contributed by atoms with Gasteiger partial charge < -0.3 is 9.73 Å². The Bertz CT molecular complexity index is 1400. The number of nitrogens with one attached hydrogen (secondary N) is 2. The number of anilines is 2. The van der Waals surface area contributed by atoms with E-state index >= 15 is 0 Å². The molecule has 6 nitrogen and oxygen atoms in total. The van der Waals surface area contributed by atoms with Crippen molar-refractivity contribution < 1.29 is 17.6 Å². The summed E-state index contributed by atoms with van der Waals surface area (Å²) in [6.07, 6.45) is 0.824.